The average molecular weight is 274 g/mol. The maximum atomic E-state index is 12.2. The van der Waals surface area contributed by atoms with E-state index in [0.717, 1.165) is 6.42 Å². The van der Waals surface area contributed by atoms with E-state index in [0.29, 0.717) is 18.4 Å². The van der Waals surface area contributed by atoms with Gasteiger partial charge in [0.05, 0.1) is 6.61 Å². The number of ether oxygens (including phenoxy) is 1. The van der Waals surface area contributed by atoms with Crippen molar-refractivity contribution in [3.63, 3.8) is 0 Å². The second-order valence-electron chi connectivity index (χ2n) is 4.73. The smallest absolute Gasteiger partial charge is 0.347 e. The molecule has 1 aromatic carbocycles. The van der Waals surface area contributed by atoms with Crippen molar-refractivity contribution in [3.05, 3.63) is 47.5 Å². The summed E-state index contributed by atoms with van der Waals surface area (Å²) >= 11 is 0. The van der Waals surface area contributed by atoms with E-state index in [2.05, 4.69) is 0 Å². The lowest BCUT2D eigenvalue weighted by atomic mass is 9.80. The van der Waals surface area contributed by atoms with Gasteiger partial charge in [0.2, 0.25) is 5.60 Å². The van der Waals surface area contributed by atoms with Crippen LogP contribution >= 0.6 is 0 Å². The standard InChI is InChI=1S/C16H18O4/c1-2-20-15(18)16(19,12-8-4-3-5-9-12)13-10-6-7-11-14(13)17/h3-5,8-10,19H,2,6-7,11H2,1H3. The molecule has 1 aromatic rings. The molecule has 0 spiro atoms. The predicted molar refractivity (Wildman–Crippen MR) is 73.9 cm³/mol. The summed E-state index contributed by atoms with van der Waals surface area (Å²) in [7, 11) is 0. The number of ketones is 1. The molecule has 0 radical (unpaired) electrons. The number of hydrogen-bond acceptors (Lipinski definition) is 4. The van der Waals surface area contributed by atoms with Crippen molar-refractivity contribution in [2.45, 2.75) is 31.8 Å². The number of carbonyl (C=O) groups is 2. The molecule has 0 aromatic heterocycles. The molecule has 0 saturated heterocycles. The third-order valence-electron chi connectivity index (χ3n) is 3.41. The van der Waals surface area contributed by atoms with Crippen molar-refractivity contribution >= 4 is 11.8 Å². The highest BCUT2D eigenvalue weighted by Gasteiger charge is 2.46. The lowest BCUT2D eigenvalue weighted by molar-refractivity contribution is -0.163. The highest BCUT2D eigenvalue weighted by atomic mass is 16.5. The number of esters is 1. The fraction of sp³-hybridized carbons (Fsp3) is 0.375. The minimum absolute atomic E-state index is 0.133. The first-order valence-corrected chi connectivity index (χ1v) is 6.79. The monoisotopic (exact) mass is 274 g/mol. The summed E-state index contributed by atoms with van der Waals surface area (Å²) in [5.74, 6) is -0.997. The summed E-state index contributed by atoms with van der Waals surface area (Å²) in [5.41, 5.74) is -1.51. The van der Waals surface area contributed by atoms with Gasteiger partial charge < -0.3 is 9.84 Å². The van der Waals surface area contributed by atoms with Gasteiger partial charge in [0.15, 0.2) is 5.78 Å². The Hall–Kier alpha value is -1.94. The van der Waals surface area contributed by atoms with Gasteiger partial charge in [-0.2, -0.15) is 0 Å². The van der Waals surface area contributed by atoms with Crippen molar-refractivity contribution in [2.75, 3.05) is 6.61 Å². The van der Waals surface area contributed by atoms with Gasteiger partial charge in [-0.1, -0.05) is 36.4 Å². The Balaban J connectivity index is 2.52. The molecule has 1 unspecified atom stereocenters. The third-order valence-corrected chi connectivity index (χ3v) is 3.41. The Morgan fingerprint density at radius 3 is 2.65 bits per heavy atom. The minimum atomic E-state index is -2.01. The van der Waals surface area contributed by atoms with E-state index in [-0.39, 0.29) is 18.0 Å². The Morgan fingerprint density at radius 1 is 1.35 bits per heavy atom. The van der Waals surface area contributed by atoms with Crippen molar-refractivity contribution in [2.24, 2.45) is 0 Å². The molecule has 0 heterocycles. The average Bonchev–Trinajstić information content (AvgIpc) is 2.48. The molecular weight excluding hydrogens is 256 g/mol. The molecule has 0 fully saturated rings. The summed E-state index contributed by atoms with van der Waals surface area (Å²) in [6.07, 6.45) is 3.42. The Bertz CT molecular complexity index is 533. The largest absolute Gasteiger partial charge is 0.463 e. The SMILES string of the molecule is CCOC(=O)C(O)(C1=CCCCC1=O)c1ccccc1. The molecule has 2 rings (SSSR count). The van der Waals surface area contributed by atoms with Crippen LogP contribution in [0.1, 0.15) is 31.7 Å². The van der Waals surface area contributed by atoms with Gasteiger partial charge >= 0.3 is 5.97 Å². The van der Waals surface area contributed by atoms with Crippen molar-refractivity contribution in [3.8, 4) is 0 Å². The minimum Gasteiger partial charge on any atom is -0.463 e. The Kier molecular flexibility index (Phi) is 4.35. The zero-order valence-electron chi connectivity index (χ0n) is 11.5. The second-order valence-corrected chi connectivity index (χ2v) is 4.73. The number of allylic oxidation sites excluding steroid dienone is 1. The Labute approximate surface area is 118 Å². The molecule has 0 saturated carbocycles. The zero-order chi connectivity index (χ0) is 14.6. The molecule has 4 heteroatoms. The van der Waals surface area contributed by atoms with E-state index >= 15 is 0 Å². The van der Waals surface area contributed by atoms with E-state index in [1.807, 2.05) is 0 Å². The predicted octanol–water partition coefficient (Wildman–Crippen LogP) is 2.12. The highest BCUT2D eigenvalue weighted by molar-refractivity contribution is 6.05. The van der Waals surface area contributed by atoms with Crippen LogP contribution in [-0.4, -0.2) is 23.5 Å². The van der Waals surface area contributed by atoms with Crippen LogP contribution in [0.4, 0.5) is 0 Å². The summed E-state index contributed by atoms with van der Waals surface area (Å²) in [4.78, 5) is 24.3. The second kappa shape index (κ2) is 6.01. The molecule has 4 nitrogen and oxygen atoms in total. The summed E-state index contributed by atoms with van der Waals surface area (Å²) in [5, 5.41) is 10.9. The summed E-state index contributed by atoms with van der Waals surface area (Å²) in [6.45, 7) is 1.82. The normalized spacial score (nSPS) is 18.1. The molecule has 1 atom stereocenters. The number of benzene rings is 1. The lowest BCUT2D eigenvalue weighted by Crippen LogP contribution is -2.42. The van der Waals surface area contributed by atoms with Gasteiger partial charge in [-0.05, 0) is 25.3 Å². The number of aliphatic hydroxyl groups is 1. The van der Waals surface area contributed by atoms with Crippen LogP contribution in [0.15, 0.2) is 42.0 Å². The van der Waals surface area contributed by atoms with Gasteiger partial charge in [0.1, 0.15) is 0 Å². The van der Waals surface area contributed by atoms with Crippen molar-refractivity contribution in [1.29, 1.82) is 0 Å². The van der Waals surface area contributed by atoms with E-state index in [9.17, 15) is 14.7 Å². The van der Waals surface area contributed by atoms with Crippen LogP contribution in [0.2, 0.25) is 0 Å². The van der Waals surface area contributed by atoms with E-state index in [1.165, 1.54) is 0 Å². The number of rotatable bonds is 4. The van der Waals surface area contributed by atoms with Crippen molar-refractivity contribution in [1.82, 2.24) is 0 Å². The first-order chi connectivity index (χ1) is 9.60. The van der Waals surface area contributed by atoms with Gasteiger partial charge in [0, 0.05) is 12.0 Å². The molecule has 106 valence electrons. The van der Waals surface area contributed by atoms with Gasteiger partial charge in [0.25, 0.3) is 0 Å². The van der Waals surface area contributed by atoms with Crippen LogP contribution in [0.25, 0.3) is 0 Å². The van der Waals surface area contributed by atoms with Crippen LogP contribution in [0.5, 0.6) is 0 Å². The van der Waals surface area contributed by atoms with Crippen LogP contribution < -0.4 is 0 Å². The maximum Gasteiger partial charge on any atom is 0.347 e. The van der Waals surface area contributed by atoms with E-state index < -0.39 is 11.6 Å². The third kappa shape index (κ3) is 2.51. The van der Waals surface area contributed by atoms with Gasteiger partial charge in [-0.25, -0.2) is 4.79 Å². The van der Waals surface area contributed by atoms with Gasteiger partial charge in [-0.3, -0.25) is 4.79 Å². The molecule has 0 amide bonds. The summed E-state index contributed by atoms with van der Waals surface area (Å²) < 4.78 is 4.98. The van der Waals surface area contributed by atoms with Gasteiger partial charge in [-0.15, -0.1) is 0 Å². The Morgan fingerprint density at radius 2 is 2.05 bits per heavy atom. The quantitative estimate of drug-likeness (QED) is 0.854. The van der Waals surface area contributed by atoms with E-state index in [4.69, 9.17) is 4.74 Å². The highest BCUT2D eigenvalue weighted by Crippen LogP contribution is 2.35. The molecule has 1 aliphatic rings. The molecular formula is C16H18O4. The van der Waals surface area contributed by atoms with Crippen LogP contribution in [-0.2, 0) is 19.9 Å². The van der Waals surface area contributed by atoms with Crippen molar-refractivity contribution < 1.29 is 19.4 Å². The number of carbonyl (C=O) groups excluding carboxylic acids is 2. The molecule has 20 heavy (non-hydrogen) atoms. The molecule has 1 N–H and O–H groups in total. The van der Waals surface area contributed by atoms with Crippen LogP contribution in [0, 0.1) is 0 Å². The van der Waals surface area contributed by atoms with Crippen LogP contribution in [0.3, 0.4) is 0 Å². The van der Waals surface area contributed by atoms with E-state index in [1.54, 1.807) is 43.3 Å². The first-order valence-electron chi connectivity index (χ1n) is 6.79. The fourth-order valence-electron chi connectivity index (χ4n) is 2.41. The fourth-order valence-corrected chi connectivity index (χ4v) is 2.41. The summed E-state index contributed by atoms with van der Waals surface area (Å²) in [6, 6.07) is 8.46. The number of Topliss-reactive ketones (excluding diaryl/α,β-unsaturated/α-hetero) is 1. The molecule has 1 aliphatic carbocycles. The first kappa shape index (κ1) is 14.5. The topological polar surface area (TPSA) is 63.6 Å². The number of hydrogen-bond donors (Lipinski definition) is 1. The molecule has 0 bridgehead atoms. The maximum absolute atomic E-state index is 12.2. The lowest BCUT2D eigenvalue weighted by Gasteiger charge is -2.29. The molecule has 0 aliphatic heterocycles. The zero-order valence-corrected chi connectivity index (χ0v) is 11.5.